The highest BCUT2D eigenvalue weighted by Crippen LogP contribution is 2.27. The molecular weight excluding hydrogens is 556 g/mol. The Labute approximate surface area is 246 Å². The quantitative estimate of drug-likeness (QED) is 0.200. The van der Waals surface area contributed by atoms with Crippen LogP contribution in [0, 0.1) is 6.92 Å². The number of hydrogen-bond acceptors (Lipinski definition) is 7. The minimum atomic E-state index is -0.545. The summed E-state index contributed by atoms with van der Waals surface area (Å²) >= 11 is 6.22. The minimum absolute atomic E-state index is 0.313. The van der Waals surface area contributed by atoms with E-state index in [2.05, 4.69) is 35.9 Å². The van der Waals surface area contributed by atoms with Crippen molar-refractivity contribution in [3.05, 3.63) is 113 Å². The second-order valence-corrected chi connectivity index (χ2v) is 9.77. The average Bonchev–Trinajstić information content (AvgIpc) is 3.67. The molecule has 2 heterocycles. The molecule has 3 N–H and O–H groups in total. The Morgan fingerprint density at radius 1 is 1.10 bits per heavy atom. The van der Waals surface area contributed by atoms with Crippen LogP contribution >= 0.6 is 11.6 Å². The number of ether oxygens (including phenoxy) is 1. The van der Waals surface area contributed by atoms with Gasteiger partial charge in [0.15, 0.2) is 0 Å². The molecule has 0 unspecified atom stereocenters. The standard InChI is InChI=1S/C30H27ClN8O3/c1-19-28(21-8-12-24(13-9-21)34-30(41)42-2)36-29(33-19)25(16-20-6-4-3-5-7-20)35-27(40)15-10-22-17-23(31)11-14-26(22)39-18-32-37-38-39/h3-15,17-18,25H,16H2,1-2H3,(H,33,36)(H,34,41)(H,35,40)/b15-10+/t25-/m0/s1. The summed E-state index contributed by atoms with van der Waals surface area (Å²) < 4.78 is 6.14. The molecule has 0 saturated carbocycles. The molecule has 0 aliphatic rings. The van der Waals surface area contributed by atoms with Gasteiger partial charge in [0, 0.05) is 33.6 Å². The largest absolute Gasteiger partial charge is 0.453 e. The summed E-state index contributed by atoms with van der Waals surface area (Å²) in [6.45, 7) is 1.92. The van der Waals surface area contributed by atoms with Crippen LogP contribution in [-0.4, -0.2) is 49.3 Å². The zero-order valence-electron chi connectivity index (χ0n) is 22.8. The van der Waals surface area contributed by atoms with E-state index in [0.29, 0.717) is 34.2 Å². The van der Waals surface area contributed by atoms with Crippen molar-refractivity contribution < 1.29 is 14.3 Å². The Hall–Kier alpha value is -5.29. The molecule has 2 amide bonds. The lowest BCUT2D eigenvalue weighted by atomic mass is 10.1. The Balaban J connectivity index is 1.39. The Bertz CT molecular complexity index is 1700. The predicted octanol–water partition coefficient (Wildman–Crippen LogP) is 5.31. The van der Waals surface area contributed by atoms with Gasteiger partial charge in [-0.1, -0.05) is 54.1 Å². The van der Waals surface area contributed by atoms with Crippen LogP contribution in [0.3, 0.4) is 0 Å². The molecule has 5 rings (SSSR count). The molecule has 0 aliphatic carbocycles. The molecule has 12 heteroatoms. The SMILES string of the molecule is COC(=O)Nc1ccc(-c2nc([C@H](Cc3ccccc3)NC(=O)/C=C/c3cc(Cl)ccc3-n3cnnn3)[nH]c2C)cc1. The number of amides is 2. The number of methoxy groups -OCH3 is 1. The number of benzene rings is 3. The van der Waals surface area contributed by atoms with Crippen LogP contribution < -0.4 is 10.6 Å². The summed E-state index contributed by atoms with van der Waals surface area (Å²) in [4.78, 5) is 33.0. The van der Waals surface area contributed by atoms with E-state index in [0.717, 1.165) is 22.5 Å². The van der Waals surface area contributed by atoms with Gasteiger partial charge in [-0.25, -0.2) is 9.78 Å². The molecule has 5 aromatic rings. The number of nitrogens with one attached hydrogen (secondary N) is 3. The first-order valence-electron chi connectivity index (χ1n) is 13.0. The molecule has 0 bridgehead atoms. The van der Waals surface area contributed by atoms with E-state index in [1.807, 2.05) is 49.4 Å². The molecule has 0 fully saturated rings. The first-order valence-corrected chi connectivity index (χ1v) is 13.3. The van der Waals surface area contributed by atoms with Crippen molar-refractivity contribution in [1.82, 2.24) is 35.5 Å². The second kappa shape index (κ2) is 12.9. The highest BCUT2D eigenvalue weighted by atomic mass is 35.5. The molecule has 0 saturated heterocycles. The highest BCUT2D eigenvalue weighted by Gasteiger charge is 2.20. The summed E-state index contributed by atoms with van der Waals surface area (Å²) in [5, 5.41) is 17.5. The summed E-state index contributed by atoms with van der Waals surface area (Å²) in [5.41, 5.74) is 5.42. The average molecular weight is 583 g/mol. The third kappa shape index (κ3) is 6.88. The third-order valence-corrected chi connectivity index (χ3v) is 6.66. The lowest BCUT2D eigenvalue weighted by Crippen LogP contribution is -2.29. The maximum absolute atomic E-state index is 13.2. The van der Waals surface area contributed by atoms with E-state index in [4.69, 9.17) is 16.6 Å². The van der Waals surface area contributed by atoms with Gasteiger partial charge in [0.2, 0.25) is 5.91 Å². The Morgan fingerprint density at radius 3 is 2.60 bits per heavy atom. The minimum Gasteiger partial charge on any atom is -0.453 e. The number of carbonyl (C=O) groups is 2. The number of H-pyrrole nitrogens is 1. The van der Waals surface area contributed by atoms with Crippen LogP contribution in [0.15, 0.2) is 85.2 Å². The lowest BCUT2D eigenvalue weighted by molar-refractivity contribution is -0.117. The van der Waals surface area contributed by atoms with E-state index in [1.165, 1.54) is 24.2 Å². The summed E-state index contributed by atoms with van der Waals surface area (Å²) in [5.74, 6) is 0.300. The number of rotatable bonds is 9. The number of tetrazole rings is 1. The highest BCUT2D eigenvalue weighted by molar-refractivity contribution is 6.30. The first kappa shape index (κ1) is 28.2. The topological polar surface area (TPSA) is 140 Å². The number of carbonyl (C=O) groups excluding carboxylic acids is 2. The molecule has 1 atom stereocenters. The van der Waals surface area contributed by atoms with Gasteiger partial charge < -0.3 is 15.0 Å². The van der Waals surface area contributed by atoms with Crippen molar-refractivity contribution in [2.45, 2.75) is 19.4 Å². The number of halogens is 1. The van der Waals surface area contributed by atoms with E-state index >= 15 is 0 Å². The molecule has 11 nitrogen and oxygen atoms in total. The Kier molecular flexibility index (Phi) is 8.69. The van der Waals surface area contributed by atoms with E-state index < -0.39 is 12.1 Å². The fraction of sp³-hybridized carbons (Fsp3) is 0.133. The zero-order valence-corrected chi connectivity index (χ0v) is 23.5. The van der Waals surface area contributed by atoms with Gasteiger partial charge in [-0.2, -0.15) is 4.68 Å². The van der Waals surface area contributed by atoms with Gasteiger partial charge in [-0.05, 0) is 65.7 Å². The lowest BCUT2D eigenvalue weighted by Gasteiger charge is -2.16. The van der Waals surface area contributed by atoms with E-state index in [-0.39, 0.29) is 5.91 Å². The molecule has 0 spiro atoms. The summed E-state index contributed by atoms with van der Waals surface area (Å²) in [7, 11) is 1.31. The first-order chi connectivity index (χ1) is 20.4. The monoisotopic (exact) mass is 582 g/mol. The van der Waals surface area contributed by atoms with Crippen LogP contribution in [0.1, 0.15) is 28.7 Å². The van der Waals surface area contributed by atoms with Gasteiger partial charge in [-0.15, -0.1) is 5.10 Å². The fourth-order valence-electron chi connectivity index (χ4n) is 4.40. The maximum atomic E-state index is 13.2. The van der Waals surface area contributed by atoms with Crippen molar-refractivity contribution in [3.63, 3.8) is 0 Å². The summed E-state index contributed by atoms with van der Waals surface area (Å²) in [6, 6.07) is 21.9. The molecule has 0 aliphatic heterocycles. The smallest absolute Gasteiger partial charge is 0.411 e. The van der Waals surface area contributed by atoms with Crippen LogP contribution in [0.4, 0.5) is 10.5 Å². The van der Waals surface area contributed by atoms with Gasteiger partial charge in [0.05, 0.1) is 24.5 Å². The maximum Gasteiger partial charge on any atom is 0.411 e. The van der Waals surface area contributed by atoms with Gasteiger partial charge in [-0.3, -0.25) is 10.1 Å². The molecule has 212 valence electrons. The van der Waals surface area contributed by atoms with Crippen LogP contribution in [0.2, 0.25) is 5.02 Å². The fourth-order valence-corrected chi connectivity index (χ4v) is 4.58. The second-order valence-electron chi connectivity index (χ2n) is 9.33. The van der Waals surface area contributed by atoms with Crippen molar-refractivity contribution in [2.75, 3.05) is 12.4 Å². The number of imidazole rings is 1. The van der Waals surface area contributed by atoms with Crippen molar-refractivity contribution in [2.24, 2.45) is 0 Å². The molecular formula is C30H27ClN8O3. The van der Waals surface area contributed by atoms with Crippen molar-refractivity contribution >= 4 is 35.4 Å². The molecule has 2 aromatic heterocycles. The van der Waals surface area contributed by atoms with Crippen molar-refractivity contribution in [3.8, 4) is 16.9 Å². The van der Waals surface area contributed by atoms with Crippen LogP contribution in [0.5, 0.6) is 0 Å². The number of aromatic amines is 1. The van der Waals surface area contributed by atoms with Gasteiger partial charge in [0.1, 0.15) is 12.2 Å². The number of hydrogen-bond donors (Lipinski definition) is 3. The number of aryl methyl sites for hydroxylation is 1. The van der Waals surface area contributed by atoms with E-state index in [1.54, 1.807) is 36.4 Å². The molecule has 42 heavy (non-hydrogen) atoms. The van der Waals surface area contributed by atoms with Crippen molar-refractivity contribution in [1.29, 1.82) is 0 Å². The predicted molar refractivity (Wildman–Crippen MR) is 159 cm³/mol. The van der Waals surface area contributed by atoms with Gasteiger partial charge in [0.25, 0.3) is 0 Å². The number of anilines is 1. The zero-order chi connectivity index (χ0) is 29.5. The summed E-state index contributed by atoms with van der Waals surface area (Å²) in [6.07, 6.45) is 4.55. The van der Waals surface area contributed by atoms with Gasteiger partial charge >= 0.3 is 6.09 Å². The molecule has 3 aromatic carbocycles. The number of aromatic nitrogens is 6. The Morgan fingerprint density at radius 2 is 1.88 bits per heavy atom. The van der Waals surface area contributed by atoms with Crippen LogP contribution in [-0.2, 0) is 16.0 Å². The van der Waals surface area contributed by atoms with Crippen LogP contribution in [0.25, 0.3) is 23.0 Å². The third-order valence-electron chi connectivity index (χ3n) is 6.42. The normalized spacial score (nSPS) is 11.8. The van der Waals surface area contributed by atoms with E-state index in [9.17, 15) is 9.59 Å². The number of nitrogens with zero attached hydrogens (tertiary/aromatic N) is 5. The molecule has 0 radical (unpaired) electrons.